The third kappa shape index (κ3) is 8.37. The quantitative estimate of drug-likeness (QED) is 0.179. The molecule has 12 nitrogen and oxygen atoms in total. The molecular formula is C30H42N4O8. The number of epoxide rings is 1. The van der Waals surface area contributed by atoms with Crippen LogP contribution in [0, 0.1) is 0 Å². The van der Waals surface area contributed by atoms with Crippen molar-refractivity contribution in [3.63, 3.8) is 0 Å². The van der Waals surface area contributed by atoms with Crippen LogP contribution in [0.5, 0.6) is 5.75 Å². The van der Waals surface area contributed by atoms with Crippen molar-refractivity contribution in [2.75, 3.05) is 46.6 Å². The molecule has 0 radical (unpaired) electrons. The molecule has 1 unspecified atom stereocenters. The van der Waals surface area contributed by atoms with Gasteiger partial charge in [0.15, 0.2) is 5.78 Å². The summed E-state index contributed by atoms with van der Waals surface area (Å²) in [6, 6.07) is 3.12. The van der Waals surface area contributed by atoms with Gasteiger partial charge in [-0.25, -0.2) is 0 Å². The molecule has 1 aromatic rings. The summed E-state index contributed by atoms with van der Waals surface area (Å²) >= 11 is 0. The summed E-state index contributed by atoms with van der Waals surface area (Å²) < 4.78 is 15.9. The van der Waals surface area contributed by atoms with Crippen LogP contribution in [0.2, 0.25) is 0 Å². The molecular weight excluding hydrogens is 544 g/mol. The molecule has 4 N–H and O–H groups in total. The van der Waals surface area contributed by atoms with E-state index in [-0.39, 0.29) is 24.8 Å². The van der Waals surface area contributed by atoms with E-state index in [0.717, 1.165) is 24.8 Å². The van der Waals surface area contributed by atoms with Crippen LogP contribution in [0.1, 0.15) is 51.2 Å². The molecule has 2 heterocycles. The molecule has 2 saturated heterocycles. The number of benzene rings is 1. The Morgan fingerprint density at radius 1 is 1.07 bits per heavy atom. The fourth-order valence-corrected chi connectivity index (χ4v) is 5.15. The second-order valence-electron chi connectivity index (χ2n) is 11.3. The Labute approximate surface area is 246 Å². The zero-order valence-corrected chi connectivity index (χ0v) is 24.5. The minimum Gasteiger partial charge on any atom is -0.497 e. The molecule has 0 bridgehead atoms. The van der Waals surface area contributed by atoms with Gasteiger partial charge in [0, 0.05) is 13.1 Å². The van der Waals surface area contributed by atoms with Gasteiger partial charge in [-0.05, 0) is 57.2 Å². The number of morpholine rings is 1. The largest absolute Gasteiger partial charge is 0.497 e. The molecule has 0 spiro atoms. The first-order valence-corrected chi connectivity index (χ1v) is 14.5. The van der Waals surface area contributed by atoms with Crippen molar-refractivity contribution in [1.29, 1.82) is 0 Å². The number of Topliss-reactive ketones (excluding diaryl/α,β-unsaturated/α-hetero) is 1. The SMILES string of the molecule is COc1ccc([C@@H](O)[C@H](NC(=O)[C@H](C)NC(=O)CN2CCOCC2)C(=O)N[C@@H](CC2=CCCC2)C(=O)C2(C)CO2)cc1. The molecule has 4 rings (SSSR count). The third-order valence-corrected chi connectivity index (χ3v) is 7.93. The van der Waals surface area contributed by atoms with Crippen LogP contribution in [0.3, 0.4) is 0 Å². The molecule has 5 atom stereocenters. The van der Waals surface area contributed by atoms with Gasteiger partial charge in [0.1, 0.15) is 29.5 Å². The van der Waals surface area contributed by atoms with E-state index in [0.29, 0.717) is 44.0 Å². The predicted octanol–water partition coefficient (Wildman–Crippen LogP) is 0.394. The van der Waals surface area contributed by atoms with Gasteiger partial charge in [0.2, 0.25) is 17.7 Å². The molecule has 2 aliphatic heterocycles. The number of hydrogen-bond donors (Lipinski definition) is 4. The van der Waals surface area contributed by atoms with E-state index < -0.39 is 41.6 Å². The van der Waals surface area contributed by atoms with Crippen LogP contribution in [0.4, 0.5) is 0 Å². The number of nitrogens with one attached hydrogen (secondary N) is 3. The maximum absolute atomic E-state index is 13.7. The molecule has 3 aliphatic rings. The Bertz CT molecular complexity index is 1160. The van der Waals surface area contributed by atoms with E-state index in [1.807, 2.05) is 4.90 Å². The second-order valence-corrected chi connectivity index (χ2v) is 11.3. The van der Waals surface area contributed by atoms with E-state index in [9.17, 15) is 24.3 Å². The van der Waals surface area contributed by atoms with E-state index in [2.05, 4.69) is 22.0 Å². The maximum atomic E-state index is 13.7. The molecule has 2 fully saturated rings. The maximum Gasteiger partial charge on any atom is 0.246 e. The topological polar surface area (TPSA) is 159 Å². The predicted molar refractivity (Wildman–Crippen MR) is 153 cm³/mol. The number of aliphatic hydroxyl groups excluding tert-OH is 1. The summed E-state index contributed by atoms with van der Waals surface area (Å²) in [7, 11) is 1.51. The highest BCUT2D eigenvalue weighted by atomic mass is 16.6. The summed E-state index contributed by atoms with van der Waals surface area (Å²) in [6.45, 7) is 5.88. The van der Waals surface area contributed by atoms with Crippen molar-refractivity contribution in [3.8, 4) is 5.75 Å². The molecule has 0 aromatic heterocycles. The lowest BCUT2D eigenvalue weighted by atomic mass is 9.93. The monoisotopic (exact) mass is 586 g/mol. The highest BCUT2D eigenvalue weighted by Gasteiger charge is 2.50. The highest BCUT2D eigenvalue weighted by Crippen LogP contribution is 2.31. The molecule has 230 valence electrons. The summed E-state index contributed by atoms with van der Waals surface area (Å²) in [5, 5.41) is 19.4. The van der Waals surface area contributed by atoms with Crippen molar-refractivity contribution in [2.45, 2.75) is 69.4 Å². The van der Waals surface area contributed by atoms with Crippen molar-refractivity contribution in [2.24, 2.45) is 0 Å². The zero-order valence-electron chi connectivity index (χ0n) is 24.5. The standard InChI is InChI=1S/C30H42N4O8/c1-19(31-24(35)17-34-12-14-41-15-13-34)28(38)33-25(26(36)21-8-10-22(40-3)11-9-21)29(39)32-23(16-20-6-4-5-7-20)27(37)30(2)18-42-30/h6,8-11,19,23,25-26,36H,4-5,7,12-18H2,1-3H3,(H,31,35)(H,32,39)(H,33,38)/t19-,23-,25-,26+,30?/m0/s1. The lowest BCUT2D eigenvalue weighted by molar-refractivity contribution is -0.136. The van der Waals surface area contributed by atoms with Gasteiger partial charge in [0.05, 0.1) is 39.5 Å². The second kappa shape index (κ2) is 14.2. The smallest absolute Gasteiger partial charge is 0.246 e. The van der Waals surface area contributed by atoms with Crippen molar-refractivity contribution in [3.05, 3.63) is 41.5 Å². The fraction of sp³-hybridized carbons (Fsp3) is 0.600. The van der Waals surface area contributed by atoms with E-state index in [4.69, 9.17) is 14.2 Å². The van der Waals surface area contributed by atoms with Gasteiger partial charge in [-0.1, -0.05) is 23.8 Å². The fourth-order valence-electron chi connectivity index (χ4n) is 5.15. The number of aliphatic hydroxyl groups is 1. The Hall–Kier alpha value is -3.32. The van der Waals surface area contributed by atoms with Crippen LogP contribution in [0.25, 0.3) is 0 Å². The highest BCUT2D eigenvalue weighted by molar-refractivity contribution is 5.98. The van der Waals surface area contributed by atoms with E-state index in [1.165, 1.54) is 14.0 Å². The summed E-state index contributed by atoms with van der Waals surface area (Å²) in [4.78, 5) is 54.8. The minimum absolute atomic E-state index is 0.111. The van der Waals surface area contributed by atoms with Crippen molar-refractivity contribution >= 4 is 23.5 Å². The molecule has 42 heavy (non-hydrogen) atoms. The first-order chi connectivity index (χ1) is 20.1. The molecule has 1 aromatic carbocycles. The first kappa shape index (κ1) is 31.6. The Balaban J connectivity index is 1.48. The number of rotatable bonds is 14. The van der Waals surface area contributed by atoms with Gasteiger partial charge >= 0.3 is 0 Å². The van der Waals surface area contributed by atoms with Gasteiger partial charge in [0.25, 0.3) is 0 Å². The number of allylic oxidation sites excluding steroid dienone is 1. The summed E-state index contributed by atoms with van der Waals surface area (Å²) in [6.07, 6.45) is 3.70. The Morgan fingerprint density at radius 3 is 2.36 bits per heavy atom. The lowest BCUT2D eigenvalue weighted by Crippen LogP contribution is -2.58. The molecule has 3 amide bonds. The average Bonchev–Trinajstić information content (AvgIpc) is 3.53. The van der Waals surface area contributed by atoms with Gasteiger partial charge < -0.3 is 35.3 Å². The van der Waals surface area contributed by atoms with Gasteiger partial charge in [-0.3, -0.25) is 24.1 Å². The Kier molecular flexibility index (Phi) is 10.7. The number of hydrogen-bond acceptors (Lipinski definition) is 9. The lowest BCUT2D eigenvalue weighted by Gasteiger charge is -2.29. The van der Waals surface area contributed by atoms with Gasteiger partial charge in [-0.2, -0.15) is 0 Å². The number of ketones is 1. The third-order valence-electron chi connectivity index (χ3n) is 7.93. The van der Waals surface area contributed by atoms with Crippen LogP contribution >= 0.6 is 0 Å². The molecule has 12 heteroatoms. The first-order valence-electron chi connectivity index (χ1n) is 14.5. The molecule has 0 saturated carbocycles. The number of amides is 3. The zero-order chi connectivity index (χ0) is 30.3. The van der Waals surface area contributed by atoms with Crippen molar-refractivity contribution in [1.82, 2.24) is 20.9 Å². The van der Waals surface area contributed by atoms with Crippen LogP contribution in [-0.4, -0.2) is 104 Å². The van der Waals surface area contributed by atoms with Crippen LogP contribution in [0.15, 0.2) is 35.9 Å². The number of methoxy groups -OCH3 is 1. The average molecular weight is 587 g/mol. The van der Waals surface area contributed by atoms with Crippen LogP contribution in [-0.2, 0) is 28.7 Å². The summed E-state index contributed by atoms with van der Waals surface area (Å²) in [5.74, 6) is -1.42. The number of carbonyl (C=O) groups is 4. The normalized spacial score (nSPS) is 23.1. The minimum atomic E-state index is -1.45. The number of carbonyl (C=O) groups excluding carboxylic acids is 4. The van der Waals surface area contributed by atoms with E-state index >= 15 is 0 Å². The van der Waals surface area contributed by atoms with E-state index in [1.54, 1.807) is 31.2 Å². The van der Waals surface area contributed by atoms with Gasteiger partial charge in [-0.15, -0.1) is 0 Å². The Morgan fingerprint density at radius 2 is 1.76 bits per heavy atom. The van der Waals surface area contributed by atoms with Crippen molar-refractivity contribution < 1.29 is 38.5 Å². The number of nitrogens with zero attached hydrogens (tertiary/aromatic N) is 1. The number of ether oxygens (including phenoxy) is 3. The molecule has 1 aliphatic carbocycles. The summed E-state index contributed by atoms with van der Waals surface area (Å²) in [5.41, 5.74) is 0.467. The van der Waals surface area contributed by atoms with Crippen LogP contribution < -0.4 is 20.7 Å².